The van der Waals surface area contributed by atoms with E-state index in [1.54, 1.807) is 31.2 Å². The zero-order valence-electron chi connectivity index (χ0n) is 14.7. The van der Waals surface area contributed by atoms with Crippen molar-refractivity contribution in [2.24, 2.45) is 0 Å². The van der Waals surface area contributed by atoms with E-state index in [9.17, 15) is 27.5 Å². The average molecular weight is 381 g/mol. The fourth-order valence-corrected chi connectivity index (χ4v) is 3.52. The Balaban J connectivity index is 1.88. The van der Waals surface area contributed by atoms with Crippen molar-refractivity contribution in [1.82, 2.24) is 4.90 Å². The van der Waals surface area contributed by atoms with Crippen LogP contribution in [0.25, 0.3) is 0 Å². The molecular weight excluding hydrogens is 362 g/mol. The molecule has 2 aromatic carbocycles. The van der Waals surface area contributed by atoms with E-state index in [0.717, 1.165) is 16.0 Å². The highest BCUT2D eigenvalue weighted by Gasteiger charge is 2.43. The fourth-order valence-electron chi connectivity index (χ4n) is 3.52. The number of nitrogens with zero attached hydrogens (tertiary/aromatic N) is 1. The van der Waals surface area contributed by atoms with Crippen LogP contribution in [-0.4, -0.2) is 35.2 Å². The molecule has 0 spiro atoms. The van der Waals surface area contributed by atoms with Gasteiger partial charge in [0.05, 0.1) is 0 Å². The molecule has 3 nitrogen and oxygen atoms in total. The Labute approximate surface area is 154 Å². The van der Waals surface area contributed by atoms with Gasteiger partial charge in [0, 0.05) is 19.5 Å². The van der Waals surface area contributed by atoms with Crippen LogP contribution >= 0.6 is 0 Å². The zero-order valence-corrected chi connectivity index (χ0v) is 14.7. The van der Waals surface area contributed by atoms with Crippen LogP contribution in [0.15, 0.2) is 36.4 Å². The van der Waals surface area contributed by atoms with Gasteiger partial charge in [-0.05, 0) is 52.8 Å². The number of aromatic hydroxyl groups is 1. The van der Waals surface area contributed by atoms with E-state index in [1.807, 2.05) is 0 Å². The van der Waals surface area contributed by atoms with Crippen LogP contribution in [-0.2, 0) is 17.6 Å². The number of rotatable bonds is 2. The maximum Gasteiger partial charge on any atom is 0.471 e. The number of phenolic OH excluding ortho intramolecular Hbond substituents is 1. The first kappa shape index (κ1) is 19.2. The second kappa shape index (κ2) is 7.21. The molecule has 0 radical (unpaired) electrons. The van der Waals surface area contributed by atoms with Crippen molar-refractivity contribution < 1.29 is 27.5 Å². The Kier molecular flexibility index (Phi) is 5.13. The molecule has 1 heterocycles. The lowest BCUT2D eigenvalue weighted by Crippen LogP contribution is -2.42. The van der Waals surface area contributed by atoms with Gasteiger partial charge in [-0.1, -0.05) is 25.1 Å². The lowest BCUT2D eigenvalue weighted by atomic mass is 9.91. The van der Waals surface area contributed by atoms with Crippen LogP contribution in [0.1, 0.15) is 35.1 Å². The van der Waals surface area contributed by atoms with Crippen LogP contribution < -0.4 is 0 Å². The topological polar surface area (TPSA) is 40.5 Å². The third-order valence-electron chi connectivity index (χ3n) is 4.83. The first-order valence-corrected chi connectivity index (χ1v) is 8.60. The molecule has 0 unspecified atom stereocenters. The highest BCUT2D eigenvalue weighted by atomic mass is 19.4. The molecule has 3 rings (SSSR count). The average Bonchev–Trinajstić information content (AvgIpc) is 2.73. The number of benzene rings is 2. The molecule has 2 aromatic rings. The van der Waals surface area contributed by atoms with Crippen molar-refractivity contribution in [1.29, 1.82) is 0 Å². The summed E-state index contributed by atoms with van der Waals surface area (Å²) in [5, 5.41) is 10.3. The Hall–Kier alpha value is -2.57. The van der Waals surface area contributed by atoms with Crippen LogP contribution in [0.4, 0.5) is 17.6 Å². The minimum atomic E-state index is -4.90. The van der Waals surface area contributed by atoms with Crippen molar-refractivity contribution in [3.05, 3.63) is 64.5 Å². The Morgan fingerprint density at radius 2 is 2.00 bits per heavy atom. The molecule has 144 valence electrons. The monoisotopic (exact) mass is 381 g/mol. The van der Waals surface area contributed by atoms with E-state index in [-0.39, 0.29) is 37.0 Å². The molecular formula is C20H19F4NO2. The van der Waals surface area contributed by atoms with Gasteiger partial charge in [-0.25, -0.2) is 4.39 Å². The standard InChI is InChI=1S/C20H19F4NO2/c1-12-11-25(19(27)20(22,23)24)6-5-14-10-18(26)15(9-17(12)14)7-13-3-2-4-16(21)8-13/h2-4,8-10,12,26H,5-7,11H2,1H3/t12-/m1/s1. The van der Waals surface area contributed by atoms with Crippen molar-refractivity contribution in [3.63, 3.8) is 0 Å². The third kappa shape index (κ3) is 4.23. The number of hydrogen-bond donors (Lipinski definition) is 1. The van der Waals surface area contributed by atoms with Crippen molar-refractivity contribution >= 4 is 5.91 Å². The summed E-state index contributed by atoms with van der Waals surface area (Å²) in [6.45, 7) is 1.65. The van der Waals surface area contributed by atoms with Gasteiger partial charge in [-0.2, -0.15) is 13.2 Å². The van der Waals surface area contributed by atoms with E-state index in [2.05, 4.69) is 0 Å². The number of phenols is 1. The molecule has 0 aromatic heterocycles. The van der Waals surface area contributed by atoms with Gasteiger partial charge in [0.2, 0.25) is 0 Å². The second-order valence-corrected chi connectivity index (χ2v) is 6.89. The molecule has 0 saturated carbocycles. The Bertz CT molecular complexity index is 864. The summed E-state index contributed by atoms with van der Waals surface area (Å²) in [4.78, 5) is 12.4. The number of fused-ring (bicyclic) bond motifs is 1. The maximum atomic E-state index is 13.4. The molecule has 7 heteroatoms. The van der Waals surface area contributed by atoms with E-state index in [4.69, 9.17) is 0 Å². The molecule has 0 saturated heterocycles. The van der Waals surface area contributed by atoms with E-state index in [0.29, 0.717) is 17.5 Å². The molecule has 1 atom stereocenters. The lowest BCUT2D eigenvalue weighted by Gasteiger charge is -2.24. The minimum Gasteiger partial charge on any atom is -0.508 e. The quantitative estimate of drug-likeness (QED) is 0.793. The minimum absolute atomic E-state index is 0.0146. The molecule has 1 amide bonds. The SMILES string of the molecule is C[C@@H]1CN(C(=O)C(F)(F)F)CCc2cc(O)c(Cc3cccc(F)c3)cc21. The van der Waals surface area contributed by atoms with Crippen LogP contribution in [0.2, 0.25) is 0 Å². The summed E-state index contributed by atoms with van der Waals surface area (Å²) in [5.41, 5.74) is 2.78. The summed E-state index contributed by atoms with van der Waals surface area (Å²) in [6.07, 6.45) is -4.37. The van der Waals surface area contributed by atoms with Crippen molar-refractivity contribution in [2.75, 3.05) is 13.1 Å². The number of amides is 1. The third-order valence-corrected chi connectivity index (χ3v) is 4.83. The molecule has 1 N–H and O–H groups in total. The number of hydrogen-bond acceptors (Lipinski definition) is 2. The van der Waals surface area contributed by atoms with Gasteiger partial charge < -0.3 is 10.0 Å². The molecule has 0 bridgehead atoms. The van der Waals surface area contributed by atoms with Crippen LogP contribution in [0.3, 0.4) is 0 Å². The number of halogens is 4. The zero-order chi connectivity index (χ0) is 19.8. The smallest absolute Gasteiger partial charge is 0.471 e. The molecule has 1 aliphatic rings. The number of carbonyl (C=O) groups is 1. The highest BCUT2D eigenvalue weighted by Crippen LogP contribution is 2.33. The summed E-state index contributed by atoms with van der Waals surface area (Å²) >= 11 is 0. The Morgan fingerprint density at radius 1 is 1.26 bits per heavy atom. The Morgan fingerprint density at radius 3 is 2.67 bits per heavy atom. The maximum absolute atomic E-state index is 13.4. The first-order chi connectivity index (χ1) is 12.6. The summed E-state index contributed by atoms with van der Waals surface area (Å²) in [7, 11) is 0. The van der Waals surface area contributed by atoms with Crippen molar-refractivity contribution in [2.45, 2.75) is 31.9 Å². The van der Waals surface area contributed by atoms with E-state index in [1.165, 1.54) is 12.1 Å². The summed E-state index contributed by atoms with van der Waals surface area (Å²) in [6, 6.07) is 9.31. The lowest BCUT2D eigenvalue weighted by molar-refractivity contribution is -0.185. The van der Waals surface area contributed by atoms with Gasteiger partial charge in [0.15, 0.2) is 0 Å². The predicted octanol–water partition coefficient (Wildman–Crippen LogP) is 4.17. The molecule has 0 fully saturated rings. The van der Waals surface area contributed by atoms with Gasteiger partial charge in [-0.3, -0.25) is 4.79 Å². The van der Waals surface area contributed by atoms with Gasteiger partial charge in [0.1, 0.15) is 11.6 Å². The first-order valence-electron chi connectivity index (χ1n) is 8.60. The van der Waals surface area contributed by atoms with Gasteiger partial charge in [0.25, 0.3) is 0 Å². The predicted molar refractivity (Wildman–Crippen MR) is 92.1 cm³/mol. The number of alkyl halides is 3. The van der Waals surface area contributed by atoms with Crippen molar-refractivity contribution in [3.8, 4) is 5.75 Å². The van der Waals surface area contributed by atoms with Gasteiger partial charge >= 0.3 is 12.1 Å². The second-order valence-electron chi connectivity index (χ2n) is 6.89. The molecule has 1 aliphatic heterocycles. The van der Waals surface area contributed by atoms with E-state index < -0.39 is 12.1 Å². The summed E-state index contributed by atoms with van der Waals surface area (Å²) < 4.78 is 51.7. The molecule has 27 heavy (non-hydrogen) atoms. The molecule has 0 aliphatic carbocycles. The van der Waals surface area contributed by atoms with E-state index >= 15 is 0 Å². The summed E-state index contributed by atoms with van der Waals surface area (Å²) in [5.74, 6) is -2.52. The van der Waals surface area contributed by atoms with Crippen LogP contribution in [0.5, 0.6) is 5.75 Å². The fraction of sp³-hybridized carbons (Fsp3) is 0.350. The number of carbonyl (C=O) groups excluding carboxylic acids is 1. The van der Waals surface area contributed by atoms with Gasteiger partial charge in [-0.15, -0.1) is 0 Å². The normalized spacial score (nSPS) is 17.4. The van der Waals surface area contributed by atoms with Crippen LogP contribution in [0, 0.1) is 5.82 Å². The largest absolute Gasteiger partial charge is 0.508 e. The highest BCUT2D eigenvalue weighted by molar-refractivity contribution is 5.82.